The molecule has 6 nitrogen and oxygen atoms in total. The van der Waals surface area contributed by atoms with Crippen LogP contribution in [0.3, 0.4) is 0 Å². The second-order valence-corrected chi connectivity index (χ2v) is 12.9. The Balaban J connectivity index is 1.39. The predicted molar refractivity (Wildman–Crippen MR) is 167 cm³/mol. The number of esters is 1. The summed E-state index contributed by atoms with van der Waals surface area (Å²) in [5, 5.41) is 31.5. The summed E-state index contributed by atoms with van der Waals surface area (Å²) < 4.78 is 11.2. The molecular weight excluding hydrogens is 516 g/mol. The molecule has 0 spiro atoms. The maximum absolute atomic E-state index is 11.6. The van der Waals surface area contributed by atoms with E-state index in [0.29, 0.717) is 0 Å². The fourth-order valence-corrected chi connectivity index (χ4v) is 6.39. The van der Waals surface area contributed by atoms with Crippen LogP contribution in [-0.2, 0) is 14.3 Å². The molecule has 0 aromatic rings. The van der Waals surface area contributed by atoms with Gasteiger partial charge in [-0.15, -0.1) is 0 Å². The number of carbonyl (C=O) groups excluding carboxylic acids is 1. The molecular formula is C35H64O6. The molecule has 2 heterocycles. The molecule has 240 valence electrons. The summed E-state index contributed by atoms with van der Waals surface area (Å²) in [5.74, 6) is -0.158. The van der Waals surface area contributed by atoms with Gasteiger partial charge in [-0.3, -0.25) is 0 Å². The zero-order valence-corrected chi connectivity index (χ0v) is 26.6. The van der Waals surface area contributed by atoms with E-state index in [1.165, 1.54) is 57.8 Å². The Hall–Kier alpha value is -0.950. The maximum Gasteiger partial charge on any atom is 0.334 e. The molecule has 2 aliphatic rings. The van der Waals surface area contributed by atoms with Gasteiger partial charge in [-0.05, 0) is 64.4 Å². The summed E-state index contributed by atoms with van der Waals surface area (Å²) in [6, 6.07) is 0. The molecule has 1 fully saturated rings. The van der Waals surface area contributed by atoms with Crippen molar-refractivity contribution in [2.75, 3.05) is 0 Å². The average molecular weight is 581 g/mol. The Morgan fingerprint density at radius 3 is 1.61 bits per heavy atom. The van der Waals surface area contributed by atoms with Crippen LogP contribution in [0.1, 0.15) is 168 Å². The minimum atomic E-state index is -0.459. The van der Waals surface area contributed by atoms with Gasteiger partial charge in [-0.1, -0.05) is 110 Å². The molecule has 1 saturated heterocycles. The number of aliphatic hydroxyl groups is 3. The third-order valence-corrected chi connectivity index (χ3v) is 9.06. The number of rotatable bonds is 26. The van der Waals surface area contributed by atoms with Crippen molar-refractivity contribution in [3.8, 4) is 0 Å². The molecule has 0 amide bonds. The zero-order valence-electron chi connectivity index (χ0n) is 26.6. The summed E-state index contributed by atoms with van der Waals surface area (Å²) in [7, 11) is 0. The van der Waals surface area contributed by atoms with Gasteiger partial charge in [-0.2, -0.15) is 0 Å². The van der Waals surface area contributed by atoms with Gasteiger partial charge in [0.25, 0.3) is 0 Å². The van der Waals surface area contributed by atoms with Gasteiger partial charge in [-0.25, -0.2) is 4.79 Å². The number of hydrogen-bond acceptors (Lipinski definition) is 6. The van der Waals surface area contributed by atoms with Crippen molar-refractivity contribution >= 4 is 5.97 Å². The second kappa shape index (κ2) is 22.6. The number of hydrogen-bond donors (Lipinski definition) is 3. The van der Waals surface area contributed by atoms with Crippen molar-refractivity contribution in [1.29, 1.82) is 0 Å². The molecule has 0 aliphatic carbocycles. The maximum atomic E-state index is 11.6. The van der Waals surface area contributed by atoms with Gasteiger partial charge in [0.1, 0.15) is 6.10 Å². The van der Waals surface area contributed by atoms with Gasteiger partial charge in [0.2, 0.25) is 0 Å². The Morgan fingerprint density at radius 1 is 0.683 bits per heavy atom. The van der Waals surface area contributed by atoms with E-state index >= 15 is 0 Å². The lowest BCUT2D eigenvalue weighted by molar-refractivity contribution is -0.139. The Labute approximate surface area is 251 Å². The van der Waals surface area contributed by atoms with Crippen LogP contribution in [-0.4, -0.2) is 57.9 Å². The van der Waals surface area contributed by atoms with Crippen LogP contribution in [0.4, 0.5) is 0 Å². The van der Waals surface area contributed by atoms with Crippen LogP contribution >= 0.6 is 0 Å². The molecule has 41 heavy (non-hydrogen) atoms. The number of ether oxygens (including phenoxy) is 2. The van der Waals surface area contributed by atoms with Gasteiger partial charge >= 0.3 is 5.97 Å². The third-order valence-electron chi connectivity index (χ3n) is 9.06. The Bertz CT molecular complexity index is 694. The predicted octanol–water partition coefficient (Wildman–Crippen LogP) is 8.09. The van der Waals surface area contributed by atoms with Crippen LogP contribution in [0, 0.1) is 0 Å². The molecule has 6 heteroatoms. The summed E-state index contributed by atoms with van der Waals surface area (Å²) in [4.78, 5) is 11.6. The number of unbranched alkanes of at least 4 members (excludes halogenated alkanes) is 14. The quantitative estimate of drug-likeness (QED) is 0.0707. The Morgan fingerprint density at radius 2 is 1.12 bits per heavy atom. The smallest absolute Gasteiger partial charge is 0.334 e. The monoisotopic (exact) mass is 580 g/mol. The minimum Gasteiger partial charge on any atom is -0.455 e. The summed E-state index contributed by atoms with van der Waals surface area (Å²) in [5.41, 5.74) is 0.819. The van der Waals surface area contributed by atoms with E-state index < -0.39 is 12.2 Å². The molecule has 0 aromatic carbocycles. The minimum absolute atomic E-state index is 0.0812. The van der Waals surface area contributed by atoms with E-state index in [0.717, 1.165) is 102 Å². The highest BCUT2D eigenvalue weighted by molar-refractivity contribution is 5.90. The van der Waals surface area contributed by atoms with Gasteiger partial charge in [0.15, 0.2) is 0 Å². The van der Waals surface area contributed by atoms with Crippen molar-refractivity contribution in [3.05, 3.63) is 11.6 Å². The largest absolute Gasteiger partial charge is 0.455 e. The van der Waals surface area contributed by atoms with Crippen LogP contribution < -0.4 is 0 Å². The van der Waals surface area contributed by atoms with E-state index in [1.54, 1.807) is 0 Å². The van der Waals surface area contributed by atoms with E-state index in [1.807, 2.05) is 13.0 Å². The number of cyclic esters (lactones) is 1. The van der Waals surface area contributed by atoms with Crippen molar-refractivity contribution < 1.29 is 29.6 Å². The summed E-state index contributed by atoms with van der Waals surface area (Å²) >= 11 is 0. The first-order valence-electron chi connectivity index (χ1n) is 17.5. The molecule has 0 radical (unpaired) electrons. The van der Waals surface area contributed by atoms with Crippen molar-refractivity contribution in [3.63, 3.8) is 0 Å². The summed E-state index contributed by atoms with van der Waals surface area (Å²) in [6.07, 6.45) is 26.2. The highest BCUT2D eigenvalue weighted by Crippen LogP contribution is 2.28. The van der Waals surface area contributed by atoms with Gasteiger partial charge in [0, 0.05) is 5.57 Å². The molecule has 0 saturated carbocycles. The molecule has 2 unspecified atom stereocenters. The van der Waals surface area contributed by atoms with Crippen LogP contribution in [0.5, 0.6) is 0 Å². The lowest BCUT2D eigenvalue weighted by atomic mass is 9.99. The van der Waals surface area contributed by atoms with E-state index in [-0.39, 0.29) is 30.4 Å². The van der Waals surface area contributed by atoms with Gasteiger partial charge < -0.3 is 24.8 Å². The summed E-state index contributed by atoms with van der Waals surface area (Å²) in [6.45, 7) is 4.15. The Kier molecular flexibility index (Phi) is 20.0. The van der Waals surface area contributed by atoms with Gasteiger partial charge in [0.05, 0.1) is 30.5 Å². The first-order valence-corrected chi connectivity index (χ1v) is 17.5. The first kappa shape index (κ1) is 36.2. The standard InChI is InChI=1S/C35H64O6/c1-3-4-5-6-7-8-9-10-11-18-23-31(37)33-25-26-34(41-33)32(38)24-19-14-17-22-30(36)21-16-13-12-15-20-29-27-28(2)40-35(29)39/h27-28,30-34,36-38H,3-26H2,1-2H3/t28?,30?,31-,32+,33-,34+/m0/s1. The lowest BCUT2D eigenvalue weighted by Gasteiger charge is -2.22. The molecule has 3 N–H and O–H groups in total. The lowest BCUT2D eigenvalue weighted by Crippen LogP contribution is -2.31. The van der Waals surface area contributed by atoms with Crippen LogP contribution in [0.25, 0.3) is 0 Å². The third kappa shape index (κ3) is 16.5. The molecule has 6 atom stereocenters. The second-order valence-electron chi connectivity index (χ2n) is 12.9. The number of aliphatic hydroxyl groups excluding tert-OH is 3. The first-order chi connectivity index (χ1) is 19.9. The fraction of sp³-hybridized carbons (Fsp3) is 0.914. The molecule has 2 aliphatic heterocycles. The van der Waals surface area contributed by atoms with Crippen LogP contribution in [0.2, 0.25) is 0 Å². The van der Waals surface area contributed by atoms with Crippen molar-refractivity contribution in [2.45, 2.75) is 205 Å². The SMILES string of the molecule is CCCCCCCCCCCC[C@H](O)[C@@H]1CC[C@H]([C@H](O)CCCCCC(O)CCCCCCC2=CC(C)OC2=O)O1. The topological polar surface area (TPSA) is 96.2 Å². The van der Waals surface area contributed by atoms with E-state index in [2.05, 4.69) is 6.92 Å². The van der Waals surface area contributed by atoms with Crippen LogP contribution in [0.15, 0.2) is 11.6 Å². The zero-order chi connectivity index (χ0) is 29.7. The van der Waals surface area contributed by atoms with E-state index in [4.69, 9.17) is 9.47 Å². The highest BCUT2D eigenvalue weighted by Gasteiger charge is 2.34. The highest BCUT2D eigenvalue weighted by atomic mass is 16.5. The normalized spacial score (nSPS) is 23.0. The van der Waals surface area contributed by atoms with Crippen molar-refractivity contribution in [1.82, 2.24) is 0 Å². The molecule has 0 aromatic heterocycles. The average Bonchev–Trinajstić information content (AvgIpc) is 3.57. The fourth-order valence-electron chi connectivity index (χ4n) is 6.39. The van der Waals surface area contributed by atoms with E-state index in [9.17, 15) is 20.1 Å². The number of carbonyl (C=O) groups is 1. The van der Waals surface area contributed by atoms with Crippen molar-refractivity contribution in [2.24, 2.45) is 0 Å². The molecule has 0 bridgehead atoms. The molecule has 2 rings (SSSR count).